The number of nitrogens with one attached hydrogen (secondary N) is 1. The molecule has 3 rings (SSSR count). The van der Waals surface area contributed by atoms with Crippen LogP contribution in [0.4, 0.5) is 0 Å². The Morgan fingerprint density at radius 3 is 2.75 bits per heavy atom. The van der Waals surface area contributed by atoms with Crippen molar-refractivity contribution in [3.63, 3.8) is 0 Å². The van der Waals surface area contributed by atoms with Crippen LogP contribution in [0.5, 0.6) is 0 Å². The molecule has 0 radical (unpaired) electrons. The van der Waals surface area contributed by atoms with E-state index in [4.69, 9.17) is 11.6 Å². The molecule has 2 aliphatic rings. The number of rotatable bonds is 3. The molecule has 2 nitrogen and oxygen atoms in total. The van der Waals surface area contributed by atoms with Gasteiger partial charge in [-0.15, -0.1) is 0 Å². The van der Waals surface area contributed by atoms with E-state index in [9.17, 15) is 0 Å². The van der Waals surface area contributed by atoms with Gasteiger partial charge in [0.15, 0.2) is 0 Å². The Kier molecular flexibility index (Phi) is 4.34. The van der Waals surface area contributed by atoms with Gasteiger partial charge in [0, 0.05) is 36.2 Å². The monoisotopic (exact) mass is 292 g/mol. The number of benzene rings is 1. The first-order valence-corrected chi connectivity index (χ1v) is 8.33. The number of piperazine rings is 1. The summed E-state index contributed by atoms with van der Waals surface area (Å²) in [6, 6.07) is 8.93. The van der Waals surface area contributed by atoms with Gasteiger partial charge in [-0.25, -0.2) is 0 Å². The third kappa shape index (κ3) is 2.74. The maximum Gasteiger partial charge on any atom is 0.0451 e. The maximum absolute atomic E-state index is 6.37. The van der Waals surface area contributed by atoms with Crippen LogP contribution in [-0.4, -0.2) is 29.6 Å². The van der Waals surface area contributed by atoms with Gasteiger partial charge >= 0.3 is 0 Å². The van der Waals surface area contributed by atoms with Crippen molar-refractivity contribution in [2.45, 2.75) is 57.2 Å². The molecule has 1 aromatic rings. The molecular weight excluding hydrogens is 268 g/mol. The first-order valence-electron chi connectivity index (χ1n) is 7.95. The predicted octanol–water partition coefficient (Wildman–Crippen LogP) is 3.84. The minimum atomic E-state index is 0.380. The molecule has 1 unspecified atom stereocenters. The Morgan fingerprint density at radius 2 is 2.05 bits per heavy atom. The summed E-state index contributed by atoms with van der Waals surface area (Å²) < 4.78 is 0. The molecule has 0 aromatic heterocycles. The van der Waals surface area contributed by atoms with Crippen molar-refractivity contribution in [1.82, 2.24) is 10.2 Å². The fourth-order valence-electron chi connectivity index (χ4n) is 3.83. The fraction of sp³-hybridized carbons (Fsp3) is 0.647. The molecule has 1 saturated carbocycles. The van der Waals surface area contributed by atoms with Gasteiger partial charge in [0.1, 0.15) is 0 Å². The molecule has 1 heterocycles. The van der Waals surface area contributed by atoms with Gasteiger partial charge in [0.25, 0.3) is 0 Å². The Balaban J connectivity index is 1.81. The summed E-state index contributed by atoms with van der Waals surface area (Å²) in [6.07, 6.45) is 6.62. The van der Waals surface area contributed by atoms with Crippen molar-refractivity contribution in [2.75, 3.05) is 13.1 Å². The molecule has 20 heavy (non-hydrogen) atoms. The third-order valence-corrected chi connectivity index (χ3v) is 5.55. The maximum atomic E-state index is 6.37. The first kappa shape index (κ1) is 14.4. The lowest BCUT2D eigenvalue weighted by atomic mass is 9.90. The molecule has 3 heteroatoms. The molecule has 110 valence electrons. The highest BCUT2D eigenvalue weighted by molar-refractivity contribution is 6.31. The van der Waals surface area contributed by atoms with E-state index < -0.39 is 0 Å². The summed E-state index contributed by atoms with van der Waals surface area (Å²) in [4.78, 5) is 2.71. The number of halogens is 1. The molecule has 1 aromatic carbocycles. The zero-order valence-corrected chi connectivity index (χ0v) is 13.1. The van der Waals surface area contributed by atoms with Gasteiger partial charge in [-0.1, -0.05) is 49.6 Å². The smallest absolute Gasteiger partial charge is 0.0451 e. The molecule has 1 spiro atoms. The summed E-state index contributed by atoms with van der Waals surface area (Å²) in [5, 5.41) is 4.67. The highest BCUT2D eigenvalue weighted by atomic mass is 35.5. The van der Waals surface area contributed by atoms with Crippen LogP contribution in [0.3, 0.4) is 0 Å². The first-order chi connectivity index (χ1) is 9.73. The van der Waals surface area contributed by atoms with Crippen LogP contribution in [0.2, 0.25) is 5.02 Å². The summed E-state index contributed by atoms with van der Waals surface area (Å²) in [5.74, 6) is 0. The highest BCUT2D eigenvalue weighted by Crippen LogP contribution is 2.38. The average molecular weight is 293 g/mol. The van der Waals surface area contributed by atoms with E-state index in [-0.39, 0.29) is 0 Å². The molecular formula is C17H25ClN2. The fourth-order valence-corrected chi connectivity index (χ4v) is 4.03. The van der Waals surface area contributed by atoms with Crippen molar-refractivity contribution >= 4 is 11.6 Å². The molecule has 0 amide bonds. The lowest BCUT2D eigenvalue weighted by molar-refractivity contribution is 0.0349. The number of hydrogen-bond acceptors (Lipinski definition) is 2. The van der Waals surface area contributed by atoms with Crippen molar-refractivity contribution in [3.05, 3.63) is 34.9 Å². The SMILES string of the molecule is CCC1CN(Cc2ccccc2Cl)C2(CCCC2)CN1. The van der Waals surface area contributed by atoms with Crippen LogP contribution in [0.15, 0.2) is 24.3 Å². The Labute approximate surface area is 127 Å². The van der Waals surface area contributed by atoms with E-state index in [1.54, 1.807) is 0 Å². The van der Waals surface area contributed by atoms with E-state index >= 15 is 0 Å². The van der Waals surface area contributed by atoms with Crippen molar-refractivity contribution in [3.8, 4) is 0 Å². The summed E-state index contributed by atoms with van der Waals surface area (Å²) >= 11 is 6.37. The van der Waals surface area contributed by atoms with Gasteiger partial charge in [0.05, 0.1) is 0 Å². The molecule has 1 N–H and O–H groups in total. The normalized spacial score (nSPS) is 26.2. The molecule has 2 fully saturated rings. The lowest BCUT2D eigenvalue weighted by Gasteiger charge is -2.48. The van der Waals surface area contributed by atoms with Crippen LogP contribution in [0.25, 0.3) is 0 Å². The molecule has 1 aliphatic carbocycles. The summed E-state index contributed by atoms with van der Waals surface area (Å²) in [7, 11) is 0. The zero-order valence-electron chi connectivity index (χ0n) is 12.4. The third-order valence-electron chi connectivity index (χ3n) is 5.18. The summed E-state index contributed by atoms with van der Waals surface area (Å²) in [5.41, 5.74) is 1.65. The second kappa shape index (κ2) is 6.05. The van der Waals surface area contributed by atoms with Gasteiger partial charge in [-0.2, -0.15) is 0 Å². The van der Waals surface area contributed by atoms with Gasteiger partial charge in [-0.05, 0) is 30.9 Å². The average Bonchev–Trinajstić information content (AvgIpc) is 2.93. The van der Waals surface area contributed by atoms with Crippen LogP contribution in [0.1, 0.15) is 44.6 Å². The Hall–Kier alpha value is -0.570. The van der Waals surface area contributed by atoms with Crippen LogP contribution < -0.4 is 5.32 Å². The molecule has 1 saturated heterocycles. The van der Waals surface area contributed by atoms with Gasteiger partial charge in [-0.3, -0.25) is 4.90 Å². The second-order valence-corrected chi connectivity index (χ2v) is 6.80. The zero-order chi connectivity index (χ0) is 14.0. The predicted molar refractivity (Wildman–Crippen MR) is 85.1 cm³/mol. The Bertz CT molecular complexity index is 454. The topological polar surface area (TPSA) is 15.3 Å². The summed E-state index contributed by atoms with van der Waals surface area (Å²) in [6.45, 7) is 5.58. The van der Waals surface area contributed by atoms with E-state index in [1.807, 2.05) is 12.1 Å². The minimum absolute atomic E-state index is 0.380. The van der Waals surface area contributed by atoms with E-state index in [2.05, 4.69) is 29.3 Å². The minimum Gasteiger partial charge on any atom is -0.311 e. The molecule has 1 aliphatic heterocycles. The van der Waals surface area contributed by atoms with E-state index in [0.29, 0.717) is 11.6 Å². The second-order valence-electron chi connectivity index (χ2n) is 6.39. The van der Waals surface area contributed by atoms with Crippen molar-refractivity contribution < 1.29 is 0 Å². The van der Waals surface area contributed by atoms with Crippen LogP contribution in [0, 0.1) is 0 Å². The quantitative estimate of drug-likeness (QED) is 0.911. The molecule has 1 atom stereocenters. The number of nitrogens with zero attached hydrogens (tertiary/aromatic N) is 1. The number of hydrogen-bond donors (Lipinski definition) is 1. The largest absolute Gasteiger partial charge is 0.311 e. The highest BCUT2D eigenvalue weighted by Gasteiger charge is 2.43. The van der Waals surface area contributed by atoms with Crippen LogP contribution >= 0.6 is 11.6 Å². The van der Waals surface area contributed by atoms with E-state index in [0.717, 1.165) is 24.7 Å². The van der Waals surface area contributed by atoms with Crippen molar-refractivity contribution in [2.24, 2.45) is 0 Å². The van der Waals surface area contributed by atoms with E-state index in [1.165, 1.54) is 37.7 Å². The van der Waals surface area contributed by atoms with Crippen molar-refractivity contribution in [1.29, 1.82) is 0 Å². The standard InChI is InChI=1S/C17H25ClN2/c1-2-15-12-20(11-14-7-3-4-8-16(14)18)17(13-19-15)9-5-6-10-17/h3-4,7-8,15,19H,2,5-6,9-13H2,1H3. The Morgan fingerprint density at radius 1 is 1.30 bits per heavy atom. The molecule has 0 bridgehead atoms. The lowest BCUT2D eigenvalue weighted by Crippen LogP contribution is -2.62. The van der Waals surface area contributed by atoms with Gasteiger partial charge in [0.2, 0.25) is 0 Å². The van der Waals surface area contributed by atoms with Gasteiger partial charge < -0.3 is 5.32 Å². The van der Waals surface area contributed by atoms with Crippen LogP contribution in [-0.2, 0) is 6.54 Å².